The fraction of sp³-hybridized carbons (Fsp3) is 0.250. The summed E-state index contributed by atoms with van der Waals surface area (Å²) in [5, 5.41) is 3.56. The number of aryl methyl sites for hydroxylation is 1. The van der Waals surface area contributed by atoms with Crippen LogP contribution in [0.25, 0.3) is 0 Å². The predicted octanol–water partition coefficient (Wildman–Crippen LogP) is 2.56. The average molecular weight is 290 g/mol. The van der Waals surface area contributed by atoms with Gasteiger partial charge in [-0.25, -0.2) is 0 Å². The molecule has 3 nitrogen and oxygen atoms in total. The second-order valence-corrected chi connectivity index (χ2v) is 5.18. The van der Waals surface area contributed by atoms with E-state index in [1.165, 1.54) is 5.56 Å². The molecular formula is C16H18ClN2O+. The fourth-order valence-corrected chi connectivity index (χ4v) is 2.17. The van der Waals surface area contributed by atoms with E-state index in [2.05, 4.69) is 5.32 Å². The topological polar surface area (TPSA) is 33.0 Å². The molecule has 1 aromatic heterocycles. The van der Waals surface area contributed by atoms with E-state index >= 15 is 0 Å². The van der Waals surface area contributed by atoms with Gasteiger partial charge in [-0.15, -0.1) is 0 Å². The Bertz CT molecular complexity index is 626. The van der Waals surface area contributed by atoms with Gasteiger partial charge in [-0.3, -0.25) is 4.79 Å². The molecule has 2 rings (SSSR count). The molecule has 0 saturated carbocycles. The molecule has 0 saturated heterocycles. The van der Waals surface area contributed by atoms with E-state index in [1.54, 1.807) is 0 Å². The summed E-state index contributed by atoms with van der Waals surface area (Å²) in [6.07, 6.45) is 1.91. The number of halogens is 1. The monoisotopic (exact) mass is 289 g/mol. The van der Waals surface area contributed by atoms with Crippen LogP contribution in [0.4, 0.5) is 0 Å². The summed E-state index contributed by atoms with van der Waals surface area (Å²) >= 11 is 6.06. The van der Waals surface area contributed by atoms with Gasteiger partial charge in [0.15, 0.2) is 11.9 Å². The highest BCUT2D eigenvalue weighted by Gasteiger charge is 2.13. The second kappa shape index (κ2) is 6.53. The Morgan fingerprint density at radius 2 is 1.95 bits per heavy atom. The van der Waals surface area contributed by atoms with Gasteiger partial charge in [-0.05, 0) is 24.6 Å². The van der Waals surface area contributed by atoms with Crippen LogP contribution in [0.15, 0.2) is 42.6 Å². The Morgan fingerprint density at radius 1 is 1.20 bits per heavy atom. The summed E-state index contributed by atoms with van der Waals surface area (Å²) in [5.74, 6) is -0.0244. The van der Waals surface area contributed by atoms with Crippen molar-refractivity contribution in [3.8, 4) is 0 Å². The highest BCUT2D eigenvalue weighted by molar-refractivity contribution is 6.31. The lowest BCUT2D eigenvalue weighted by Crippen LogP contribution is -2.45. The van der Waals surface area contributed by atoms with Gasteiger partial charge in [-0.1, -0.05) is 29.8 Å². The van der Waals surface area contributed by atoms with Gasteiger partial charge in [0.05, 0.1) is 0 Å². The lowest BCUT2D eigenvalue weighted by Gasteiger charge is -2.06. The van der Waals surface area contributed by atoms with Crippen LogP contribution in [0.3, 0.4) is 0 Å². The quantitative estimate of drug-likeness (QED) is 0.862. The molecule has 0 atom stereocenters. The van der Waals surface area contributed by atoms with E-state index in [1.807, 2.05) is 61.0 Å². The summed E-state index contributed by atoms with van der Waals surface area (Å²) in [6, 6.07) is 11.5. The van der Waals surface area contributed by atoms with Crippen molar-refractivity contribution in [1.29, 1.82) is 0 Å². The van der Waals surface area contributed by atoms with E-state index in [0.29, 0.717) is 18.1 Å². The molecule has 4 heteroatoms. The smallest absolute Gasteiger partial charge is 0.286 e. The summed E-state index contributed by atoms with van der Waals surface area (Å²) in [5.41, 5.74) is 3.19. The second-order valence-electron chi connectivity index (χ2n) is 4.77. The number of hydrogen-bond acceptors (Lipinski definition) is 1. The minimum absolute atomic E-state index is 0.0244. The van der Waals surface area contributed by atoms with Gasteiger partial charge in [0, 0.05) is 30.1 Å². The number of hydrogen-bond donors (Lipinski definition) is 1. The molecule has 1 heterocycles. The summed E-state index contributed by atoms with van der Waals surface area (Å²) in [7, 11) is 0. The maximum Gasteiger partial charge on any atom is 0.286 e. The molecule has 0 bridgehead atoms. The number of rotatable bonds is 4. The van der Waals surface area contributed by atoms with E-state index in [9.17, 15) is 4.79 Å². The third kappa shape index (κ3) is 3.58. The van der Waals surface area contributed by atoms with Crippen LogP contribution in [-0.2, 0) is 17.9 Å². The van der Waals surface area contributed by atoms with Gasteiger partial charge in [0.1, 0.15) is 0 Å². The number of carbonyl (C=O) groups is 1. The number of aromatic nitrogens is 1. The van der Waals surface area contributed by atoms with E-state index in [0.717, 1.165) is 11.3 Å². The molecule has 0 aliphatic carbocycles. The molecule has 2 aromatic rings. The molecule has 0 aliphatic heterocycles. The molecule has 1 amide bonds. The predicted molar refractivity (Wildman–Crippen MR) is 79.4 cm³/mol. The first-order chi connectivity index (χ1) is 9.58. The number of pyridine rings is 1. The zero-order valence-electron chi connectivity index (χ0n) is 11.7. The Labute approximate surface area is 124 Å². The molecule has 104 valence electrons. The standard InChI is InChI=1S/C16H17ClN2O/c1-12-6-5-9-19(13(12)2)11-16(20)18-10-14-7-3-4-8-15(14)17/h3-9H,10-11H2,1-2H3/p+1. The van der Waals surface area contributed by atoms with Crippen molar-refractivity contribution in [1.82, 2.24) is 5.32 Å². The molecule has 1 aromatic carbocycles. The fourth-order valence-electron chi connectivity index (χ4n) is 1.97. The third-order valence-electron chi connectivity index (χ3n) is 3.36. The Balaban J connectivity index is 1.96. The van der Waals surface area contributed by atoms with Gasteiger partial charge in [-0.2, -0.15) is 4.57 Å². The lowest BCUT2D eigenvalue weighted by molar-refractivity contribution is -0.690. The summed E-state index contributed by atoms with van der Waals surface area (Å²) in [6.45, 7) is 4.81. The van der Waals surface area contributed by atoms with Crippen LogP contribution < -0.4 is 9.88 Å². The molecule has 0 fully saturated rings. The number of nitrogens with zero attached hydrogens (tertiary/aromatic N) is 1. The van der Waals surface area contributed by atoms with E-state index in [4.69, 9.17) is 11.6 Å². The minimum atomic E-state index is -0.0244. The zero-order chi connectivity index (χ0) is 14.5. The van der Waals surface area contributed by atoms with Gasteiger partial charge in [0.2, 0.25) is 6.54 Å². The average Bonchev–Trinajstić information content (AvgIpc) is 2.43. The van der Waals surface area contributed by atoms with Crippen LogP contribution in [-0.4, -0.2) is 5.91 Å². The summed E-state index contributed by atoms with van der Waals surface area (Å²) < 4.78 is 1.94. The van der Waals surface area contributed by atoms with Crippen LogP contribution in [0.1, 0.15) is 16.8 Å². The van der Waals surface area contributed by atoms with Crippen LogP contribution in [0, 0.1) is 13.8 Å². The maximum atomic E-state index is 12.0. The van der Waals surface area contributed by atoms with Crippen molar-refractivity contribution < 1.29 is 9.36 Å². The van der Waals surface area contributed by atoms with Gasteiger partial charge in [0.25, 0.3) is 5.91 Å². The molecule has 20 heavy (non-hydrogen) atoms. The minimum Gasteiger partial charge on any atom is -0.346 e. The highest BCUT2D eigenvalue weighted by atomic mass is 35.5. The van der Waals surface area contributed by atoms with Crippen LogP contribution >= 0.6 is 11.6 Å². The Hall–Kier alpha value is -1.87. The number of carbonyl (C=O) groups excluding carboxylic acids is 1. The number of amides is 1. The van der Waals surface area contributed by atoms with Crippen molar-refractivity contribution in [2.75, 3.05) is 0 Å². The molecule has 0 unspecified atom stereocenters. The van der Waals surface area contributed by atoms with Crippen molar-refractivity contribution in [2.24, 2.45) is 0 Å². The molecule has 0 aliphatic rings. The van der Waals surface area contributed by atoms with Crippen LogP contribution in [0.5, 0.6) is 0 Å². The first-order valence-corrected chi connectivity index (χ1v) is 6.91. The molecule has 0 spiro atoms. The van der Waals surface area contributed by atoms with E-state index < -0.39 is 0 Å². The lowest BCUT2D eigenvalue weighted by atomic mass is 10.2. The van der Waals surface area contributed by atoms with Crippen molar-refractivity contribution in [3.05, 3.63) is 64.4 Å². The zero-order valence-corrected chi connectivity index (χ0v) is 12.4. The van der Waals surface area contributed by atoms with E-state index in [-0.39, 0.29) is 5.91 Å². The number of benzene rings is 1. The summed E-state index contributed by atoms with van der Waals surface area (Å²) in [4.78, 5) is 12.0. The van der Waals surface area contributed by atoms with Crippen LogP contribution in [0.2, 0.25) is 5.02 Å². The van der Waals surface area contributed by atoms with Crippen molar-refractivity contribution in [3.63, 3.8) is 0 Å². The molecule has 0 radical (unpaired) electrons. The highest BCUT2D eigenvalue weighted by Crippen LogP contribution is 2.14. The maximum absolute atomic E-state index is 12.0. The SMILES string of the molecule is Cc1ccc[n+](CC(=O)NCc2ccccc2Cl)c1C. The van der Waals surface area contributed by atoms with Crippen molar-refractivity contribution >= 4 is 17.5 Å². The first kappa shape index (κ1) is 14.5. The Kier molecular flexibility index (Phi) is 4.74. The molecular weight excluding hydrogens is 272 g/mol. The van der Waals surface area contributed by atoms with Gasteiger partial charge >= 0.3 is 0 Å². The third-order valence-corrected chi connectivity index (χ3v) is 3.73. The first-order valence-electron chi connectivity index (χ1n) is 6.53. The number of nitrogens with one attached hydrogen (secondary N) is 1. The van der Waals surface area contributed by atoms with Gasteiger partial charge < -0.3 is 5.32 Å². The molecule has 1 N–H and O–H groups in total. The van der Waals surface area contributed by atoms with Crippen molar-refractivity contribution in [2.45, 2.75) is 26.9 Å². The largest absolute Gasteiger partial charge is 0.346 e. The normalized spacial score (nSPS) is 10.3. The Morgan fingerprint density at radius 3 is 2.70 bits per heavy atom.